The van der Waals surface area contributed by atoms with Crippen LogP contribution in [0.4, 0.5) is 4.39 Å². The molecule has 112 valence electrons. The normalized spacial score (nSPS) is 19.5. The smallest absolute Gasteiger partial charge is 0.123 e. The maximum atomic E-state index is 13.2. The Kier molecular flexibility index (Phi) is 5.99. The number of halogens is 1. The maximum absolute atomic E-state index is 13.2. The molecule has 2 nitrogen and oxygen atoms in total. The molecule has 1 aromatic carbocycles. The summed E-state index contributed by atoms with van der Waals surface area (Å²) in [5, 5.41) is 3.62. The van der Waals surface area contributed by atoms with E-state index in [9.17, 15) is 4.39 Å². The minimum atomic E-state index is -0.137. The lowest BCUT2D eigenvalue weighted by molar-refractivity contribution is 0.217. The van der Waals surface area contributed by atoms with Gasteiger partial charge < -0.3 is 5.32 Å². The molecule has 1 aliphatic heterocycles. The van der Waals surface area contributed by atoms with Crippen molar-refractivity contribution in [2.75, 3.05) is 19.6 Å². The number of rotatable bonds is 6. The third-order valence-electron chi connectivity index (χ3n) is 4.13. The van der Waals surface area contributed by atoms with Crippen molar-refractivity contribution in [3.63, 3.8) is 0 Å². The van der Waals surface area contributed by atoms with Crippen LogP contribution in [-0.4, -0.2) is 30.6 Å². The minimum Gasteiger partial charge on any atom is -0.313 e. The van der Waals surface area contributed by atoms with Crippen LogP contribution in [0.5, 0.6) is 0 Å². The summed E-state index contributed by atoms with van der Waals surface area (Å²) in [5.41, 5.74) is 2.30. The first-order valence-corrected chi connectivity index (χ1v) is 7.90. The van der Waals surface area contributed by atoms with Gasteiger partial charge in [-0.05, 0) is 62.5 Å². The van der Waals surface area contributed by atoms with Gasteiger partial charge in [0.05, 0.1) is 0 Å². The molecule has 2 rings (SSSR count). The van der Waals surface area contributed by atoms with Crippen LogP contribution in [-0.2, 0) is 6.54 Å². The van der Waals surface area contributed by atoms with Gasteiger partial charge in [0.1, 0.15) is 5.82 Å². The van der Waals surface area contributed by atoms with E-state index in [0.717, 1.165) is 38.2 Å². The number of hydrogen-bond acceptors (Lipinski definition) is 2. The lowest BCUT2D eigenvalue weighted by atomic mass is 10.0. The quantitative estimate of drug-likeness (QED) is 0.857. The number of piperidine rings is 1. The third-order valence-corrected chi connectivity index (χ3v) is 4.13. The Bertz CT molecular complexity index is 413. The van der Waals surface area contributed by atoms with E-state index >= 15 is 0 Å². The van der Waals surface area contributed by atoms with Gasteiger partial charge in [0, 0.05) is 19.1 Å². The standard InChI is InChI=1S/C17H27FN2/c1-3-10-20(13-17-6-4-5-9-19-17)12-15-7-8-16(18)11-14(15)2/h7-8,11,17,19H,3-6,9-10,12-13H2,1-2H3. The molecule has 1 saturated heterocycles. The fraction of sp³-hybridized carbons (Fsp3) is 0.647. The summed E-state index contributed by atoms with van der Waals surface area (Å²) >= 11 is 0. The first-order chi connectivity index (χ1) is 9.69. The highest BCUT2D eigenvalue weighted by Crippen LogP contribution is 2.15. The highest BCUT2D eigenvalue weighted by atomic mass is 19.1. The summed E-state index contributed by atoms with van der Waals surface area (Å²) in [4.78, 5) is 2.50. The molecular weight excluding hydrogens is 251 g/mol. The van der Waals surface area contributed by atoms with Crippen LogP contribution in [0.25, 0.3) is 0 Å². The molecule has 20 heavy (non-hydrogen) atoms. The van der Waals surface area contributed by atoms with E-state index in [2.05, 4.69) is 17.1 Å². The highest BCUT2D eigenvalue weighted by molar-refractivity contribution is 5.26. The van der Waals surface area contributed by atoms with Crippen LogP contribution in [0.3, 0.4) is 0 Å². The highest BCUT2D eigenvalue weighted by Gasteiger charge is 2.17. The molecule has 0 spiro atoms. The van der Waals surface area contributed by atoms with Crippen molar-refractivity contribution in [3.05, 3.63) is 35.1 Å². The molecule has 1 aliphatic rings. The largest absolute Gasteiger partial charge is 0.313 e. The second kappa shape index (κ2) is 7.75. The molecule has 0 radical (unpaired) electrons. The number of benzene rings is 1. The van der Waals surface area contributed by atoms with Crippen LogP contribution >= 0.6 is 0 Å². The summed E-state index contributed by atoms with van der Waals surface area (Å²) in [7, 11) is 0. The van der Waals surface area contributed by atoms with Crippen LogP contribution < -0.4 is 5.32 Å². The Labute approximate surface area is 122 Å². The van der Waals surface area contributed by atoms with Crippen molar-refractivity contribution in [1.82, 2.24) is 10.2 Å². The van der Waals surface area contributed by atoms with E-state index in [-0.39, 0.29) is 5.82 Å². The molecule has 1 heterocycles. The molecule has 0 saturated carbocycles. The summed E-state index contributed by atoms with van der Waals surface area (Å²) in [6.07, 6.45) is 5.09. The van der Waals surface area contributed by atoms with Gasteiger partial charge in [-0.15, -0.1) is 0 Å². The molecule has 1 atom stereocenters. The molecular formula is C17H27FN2. The van der Waals surface area contributed by atoms with E-state index in [1.807, 2.05) is 13.0 Å². The summed E-state index contributed by atoms with van der Waals surface area (Å²) in [6.45, 7) is 8.51. The topological polar surface area (TPSA) is 15.3 Å². The molecule has 1 unspecified atom stereocenters. The summed E-state index contributed by atoms with van der Waals surface area (Å²) in [5.74, 6) is -0.137. The van der Waals surface area contributed by atoms with Crippen molar-refractivity contribution in [2.24, 2.45) is 0 Å². The zero-order valence-corrected chi connectivity index (χ0v) is 12.8. The second-order valence-electron chi connectivity index (χ2n) is 5.95. The zero-order chi connectivity index (χ0) is 14.4. The molecule has 0 bridgehead atoms. The van der Waals surface area contributed by atoms with Crippen LogP contribution in [0, 0.1) is 12.7 Å². The number of aryl methyl sites for hydroxylation is 1. The predicted octanol–water partition coefficient (Wildman–Crippen LogP) is 3.49. The molecule has 0 aliphatic carbocycles. The lowest BCUT2D eigenvalue weighted by Gasteiger charge is -2.30. The minimum absolute atomic E-state index is 0.137. The van der Waals surface area contributed by atoms with E-state index in [4.69, 9.17) is 0 Å². The third kappa shape index (κ3) is 4.57. The molecule has 0 aromatic heterocycles. The SMILES string of the molecule is CCCN(Cc1ccc(F)cc1C)CC1CCCCN1. The van der Waals surface area contributed by atoms with Gasteiger partial charge in [0.15, 0.2) is 0 Å². The number of nitrogens with one attached hydrogen (secondary N) is 1. The fourth-order valence-electron chi connectivity index (χ4n) is 3.02. The molecule has 1 fully saturated rings. The van der Waals surface area contributed by atoms with Crippen LogP contribution in [0.1, 0.15) is 43.7 Å². The van der Waals surface area contributed by atoms with Crippen molar-refractivity contribution in [2.45, 2.75) is 52.1 Å². The molecule has 0 amide bonds. The monoisotopic (exact) mass is 278 g/mol. The fourth-order valence-corrected chi connectivity index (χ4v) is 3.02. The number of hydrogen-bond donors (Lipinski definition) is 1. The average Bonchev–Trinajstić information content (AvgIpc) is 2.43. The zero-order valence-electron chi connectivity index (χ0n) is 12.8. The Hall–Kier alpha value is -0.930. The molecule has 1 aromatic rings. The Morgan fingerprint density at radius 1 is 1.35 bits per heavy atom. The Morgan fingerprint density at radius 2 is 2.20 bits per heavy atom. The summed E-state index contributed by atoms with van der Waals surface area (Å²) < 4.78 is 13.2. The predicted molar refractivity (Wildman–Crippen MR) is 82.3 cm³/mol. The Morgan fingerprint density at radius 3 is 2.85 bits per heavy atom. The Balaban J connectivity index is 1.96. The van der Waals surface area contributed by atoms with Gasteiger partial charge in [-0.2, -0.15) is 0 Å². The maximum Gasteiger partial charge on any atom is 0.123 e. The van der Waals surface area contributed by atoms with Gasteiger partial charge in [-0.1, -0.05) is 19.4 Å². The molecule has 1 N–H and O–H groups in total. The van der Waals surface area contributed by atoms with Gasteiger partial charge in [0.2, 0.25) is 0 Å². The van der Waals surface area contributed by atoms with Crippen LogP contribution in [0.2, 0.25) is 0 Å². The van der Waals surface area contributed by atoms with E-state index in [1.54, 1.807) is 12.1 Å². The van der Waals surface area contributed by atoms with Crippen molar-refractivity contribution >= 4 is 0 Å². The van der Waals surface area contributed by atoms with E-state index in [1.165, 1.54) is 24.8 Å². The van der Waals surface area contributed by atoms with Crippen LogP contribution in [0.15, 0.2) is 18.2 Å². The van der Waals surface area contributed by atoms with Gasteiger partial charge in [-0.3, -0.25) is 4.90 Å². The lowest BCUT2D eigenvalue weighted by Crippen LogP contribution is -2.43. The first-order valence-electron chi connectivity index (χ1n) is 7.90. The van der Waals surface area contributed by atoms with Crippen molar-refractivity contribution in [3.8, 4) is 0 Å². The number of nitrogens with zero attached hydrogens (tertiary/aromatic N) is 1. The first kappa shape index (κ1) is 15.5. The van der Waals surface area contributed by atoms with Crippen molar-refractivity contribution in [1.29, 1.82) is 0 Å². The van der Waals surface area contributed by atoms with E-state index < -0.39 is 0 Å². The van der Waals surface area contributed by atoms with Gasteiger partial charge in [-0.25, -0.2) is 4.39 Å². The van der Waals surface area contributed by atoms with E-state index in [0.29, 0.717) is 6.04 Å². The summed E-state index contributed by atoms with van der Waals surface area (Å²) in [6, 6.07) is 5.77. The second-order valence-corrected chi connectivity index (χ2v) is 5.95. The average molecular weight is 278 g/mol. The van der Waals surface area contributed by atoms with Crippen molar-refractivity contribution < 1.29 is 4.39 Å². The molecule has 3 heteroatoms. The van der Waals surface area contributed by atoms with Gasteiger partial charge >= 0.3 is 0 Å². The van der Waals surface area contributed by atoms with Gasteiger partial charge in [0.25, 0.3) is 0 Å².